The molecule has 0 atom stereocenters. The molecule has 2 aromatic rings. The van der Waals surface area contributed by atoms with Crippen molar-refractivity contribution in [3.05, 3.63) is 58.4 Å². The van der Waals surface area contributed by atoms with Crippen LogP contribution in [0.2, 0.25) is 5.02 Å². The van der Waals surface area contributed by atoms with E-state index in [9.17, 15) is 12.8 Å². The van der Waals surface area contributed by atoms with Gasteiger partial charge in [-0.2, -0.15) is 0 Å². The maximum atomic E-state index is 13.7. The van der Waals surface area contributed by atoms with Gasteiger partial charge in [0, 0.05) is 10.6 Å². The van der Waals surface area contributed by atoms with Crippen molar-refractivity contribution < 1.29 is 12.8 Å². The van der Waals surface area contributed by atoms with Gasteiger partial charge in [0.25, 0.3) is 0 Å². The lowest BCUT2D eigenvalue weighted by molar-refractivity contribution is 0.587. The lowest BCUT2D eigenvalue weighted by atomic mass is 10.2. The molecule has 0 spiro atoms. The molecule has 0 saturated carbocycles. The number of nitrogen functional groups attached to an aromatic ring is 1. The van der Waals surface area contributed by atoms with Crippen molar-refractivity contribution in [1.82, 2.24) is 0 Å². The highest BCUT2D eigenvalue weighted by Gasteiger charge is 2.21. The van der Waals surface area contributed by atoms with Gasteiger partial charge in [-0.25, -0.2) is 12.8 Å². The highest BCUT2D eigenvalue weighted by atomic mass is 35.5. The fraction of sp³-hybridized carbons (Fsp3) is 0.143. The second-order valence-corrected chi connectivity index (χ2v) is 6.88. The Kier molecular flexibility index (Phi) is 4.01. The summed E-state index contributed by atoms with van der Waals surface area (Å²) in [5.41, 5.74) is 6.72. The van der Waals surface area contributed by atoms with Gasteiger partial charge in [-0.1, -0.05) is 29.8 Å². The normalized spacial score (nSPS) is 11.6. The topological polar surface area (TPSA) is 60.2 Å². The number of benzene rings is 2. The molecule has 106 valence electrons. The van der Waals surface area contributed by atoms with Gasteiger partial charge in [0.15, 0.2) is 9.84 Å². The minimum atomic E-state index is -3.71. The zero-order chi connectivity index (χ0) is 14.9. The van der Waals surface area contributed by atoms with Crippen LogP contribution in [0.25, 0.3) is 0 Å². The van der Waals surface area contributed by atoms with Gasteiger partial charge < -0.3 is 5.73 Å². The van der Waals surface area contributed by atoms with E-state index in [1.165, 1.54) is 18.2 Å². The zero-order valence-corrected chi connectivity index (χ0v) is 12.3. The number of halogens is 2. The van der Waals surface area contributed by atoms with E-state index in [1.54, 1.807) is 19.1 Å². The number of para-hydroxylation sites is 1. The average Bonchev–Trinajstić information content (AvgIpc) is 2.36. The van der Waals surface area contributed by atoms with Crippen molar-refractivity contribution >= 4 is 27.1 Å². The van der Waals surface area contributed by atoms with Crippen LogP contribution >= 0.6 is 11.6 Å². The Labute approximate surface area is 122 Å². The molecule has 0 radical (unpaired) electrons. The van der Waals surface area contributed by atoms with E-state index < -0.39 is 21.4 Å². The molecule has 6 heteroatoms. The van der Waals surface area contributed by atoms with Crippen molar-refractivity contribution in [2.45, 2.75) is 17.6 Å². The van der Waals surface area contributed by atoms with Crippen molar-refractivity contribution in [2.24, 2.45) is 0 Å². The molecule has 0 bridgehead atoms. The number of rotatable bonds is 3. The monoisotopic (exact) mass is 313 g/mol. The van der Waals surface area contributed by atoms with E-state index in [2.05, 4.69) is 0 Å². The SMILES string of the molecule is Cc1cccc(S(=O)(=O)Cc2ccc(Cl)cc2F)c1N. The first-order chi connectivity index (χ1) is 9.31. The van der Waals surface area contributed by atoms with Crippen LogP contribution in [0.3, 0.4) is 0 Å². The predicted molar refractivity (Wildman–Crippen MR) is 77.9 cm³/mol. The third-order valence-corrected chi connectivity index (χ3v) is 4.93. The van der Waals surface area contributed by atoms with E-state index in [0.29, 0.717) is 5.56 Å². The van der Waals surface area contributed by atoms with E-state index in [1.807, 2.05) is 0 Å². The Bertz CT molecular complexity index is 760. The van der Waals surface area contributed by atoms with Gasteiger partial charge in [-0.3, -0.25) is 0 Å². The standard InChI is InChI=1S/C14H13ClFNO2S/c1-9-3-2-4-13(14(9)17)20(18,19)8-10-5-6-11(15)7-12(10)16/h2-7H,8,17H2,1H3. The molecule has 0 aliphatic rings. The summed E-state index contributed by atoms with van der Waals surface area (Å²) in [5.74, 6) is -1.10. The molecule has 0 amide bonds. The Morgan fingerprint density at radius 3 is 2.60 bits per heavy atom. The molecule has 0 unspecified atom stereocenters. The first kappa shape index (κ1) is 14.8. The molecular weight excluding hydrogens is 301 g/mol. The van der Waals surface area contributed by atoms with E-state index in [4.69, 9.17) is 17.3 Å². The van der Waals surface area contributed by atoms with Crippen LogP contribution in [0.15, 0.2) is 41.3 Å². The molecule has 0 aromatic heterocycles. The molecule has 0 aliphatic carbocycles. The minimum Gasteiger partial charge on any atom is -0.397 e. The van der Waals surface area contributed by atoms with E-state index in [-0.39, 0.29) is 21.2 Å². The number of anilines is 1. The van der Waals surface area contributed by atoms with Crippen LogP contribution in [0.5, 0.6) is 0 Å². The zero-order valence-electron chi connectivity index (χ0n) is 10.7. The van der Waals surface area contributed by atoms with E-state index >= 15 is 0 Å². The summed E-state index contributed by atoms with van der Waals surface area (Å²) in [5, 5.41) is 0.221. The molecule has 0 aliphatic heterocycles. The average molecular weight is 314 g/mol. The van der Waals surface area contributed by atoms with Crippen LogP contribution in [0, 0.1) is 12.7 Å². The second-order valence-electron chi connectivity index (χ2n) is 4.48. The number of sulfone groups is 1. The molecular formula is C14H13ClFNO2S. The number of hydrogen-bond acceptors (Lipinski definition) is 3. The lowest BCUT2D eigenvalue weighted by Gasteiger charge is -2.10. The van der Waals surface area contributed by atoms with Gasteiger partial charge >= 0.3 is 0 Å². The van der Waals surface area contributed by atoms with E-state index in [0.717, 1.165) is 6.07 Å². The first-order valence-electron chi connectivity index (χ1n) is 5.83. The van der Waals surface area contributed by atoms with Crippen molar-refractivity contribution in [3.63, 3.8) is 0 Å². The molecule has 0 heterocycles. The molecule has 0 saturated heterocycles. The smallest absolute Gasteiger partial charge is 0.184 e. The van der Waals surface area contributed by atoms with Gasteiger partial charge in [0.1, 0.15) is 5.82 Å². The summed E-state index contributed by atoms with van der Waals surface area (Å²) in [6, 6.07) is 8.65. The van der Waals surface area contributed by atoms with Crippen LogP contribution in [-0.2, 0) is 15.6 Å². The lowest BCUT2D eigenvalue weighted by Crippen LogP contribution is -2.10. The summed E-state index contributed by atoms with van der Waals surface area (Å²) < 4.78 is 38.4. The predicted octanol–water partition coefficient (Wildman–Crippen LogP) is 3.34. The van der Waals surface area contributed by atoms with Crippen molar-refractivity contribution in [1.29, 1.82) is 0 Å². The van der Waals surface area contributed by atoms with Crippen LogP contribution in [0.4, 0.5) is 10.1 Å². The molecule has 2 aromatic carbocycles. The number of hydrogen-bond donors (Lipinski definition) is 1. The van der Waals surface area contributed by atoms with Crippen molar-refractivity contribution in [3.8, 4) is 0 Å². The third kappa shape index (κ3) is 2.94. The third-order valence-electron chi connectivity index (χ3n) is 2.98. The first-order valence-corrected chi connectivity index (χ1v) is 7.86. The highest BCUT2D eigenvalue weighted by molar-refractivity contribution is 7.90. The summed E-state index contributed by atoms with van der Waals surface area (Å²) in [6.07, 6.45) is 0. The fourth-order valence-corrected chi connectivity index (χ4v) is 3.59. The molecule has 2 rings (SSSR count). The van der Waals surface area contributed by atoms with Gasteiger partial charge in [0.05, 0.1) is 16.3 Å². The van der Waals surface area contributed by atoms with Gasteiger partial charge in [-0.15, -0.1) is 0 Å². The molecule has 0 fully saturated rings. The molecule has 3 nitrogen and oxygen atoms in total. The number of aryl methyl sites for hydroxylation is 1. The Balaban J connectivity index is 2.44. The molecule has 2 N–H and O–H groups in total. The summed E-state index contributed by atoms with van der Waals surface area (Å²) in [6.45, 7) is 1.72. The minimum absolute atomic E-state index is 0.0202. The number of nitrogens with two attached hydrogens (primary N) is 1. The Morgan fingerprint density at radius 2 is 1.95 bits per heavy atom. The largest absolute Gasteiger partial charge is 0.397 e. The van der Waals surface area contributed by atoms with Gasteiger partial charge in [-0.05, 0) is 30.7 Å². The van der Waals surface area contributed by atoms with Crippen molar-refractivity contribution in [2.75, 3.05) is 5.73 Å². The van der Waals surface area contributed by atoms with Gasteiger partial charge in [0.2, 0.25) is 0 Å². The summed E-state index contributed by atoms with van der Waals surface area (Å²) in [4.78, 5) is 0.0202. The summed E-state index contributed by atoms with van der Waals surface area (Å²) in [7, 11) is -3.71. The van der Waals surface area contributed by atoms with Crippen LogP contribution < -0.4 is 5.73 Å². The quantitative estimate of drug-likeness (QED) is 0.884. The summed E-state index contributed by atoms with van der Waals surface area (Å²) >= 11 is 5.64. The Morgan fingerprint density at radius 1 is 1.25 bits per heavy atom. The molecule has 20 heavy (non-hydrogen) atoms. The van der Waals surface area contributed by atoms with Crippen LogP contribution in [-0.4, -0.2) is 8.42 Å². The maximum absolute atomic E-state index is 13.7. The highest BCUT2D eigenvalue weighted by Crippen LogP contribution is 2.26. The Hall–Kier alpha value is -1.59. The fourth-order valence-electron chi connectivity index (χ4n) is 1.85. The van der Waals surface area contributed by atoms with Crippen LogP contribution in [0.1, 0.15) is 11.1 Å². The second kappa shape index (κ2) is 5.42. The maximum Gasteiger partial charge on any atom is 0.184 e.